The van der Waals surface area contributed by atoms with Gasteiger partial charge in [-0.05, 0) is 35.4 Å². The second kappa shape index (κ2) is 8.05. The second-order valence-electron chi connectivity index (χ2n) is 7.85. The first kappa shape index (κ1) is 22.3. The maximum atomic E-state index is 14.5. The summed E-state index contributed by atoms with van der Waals surface area (Å²) in [5.41, 5.74) is 5.62. The Bertz CT molecular complexity index is 1600. The monoisotopic (exact) mass is 480 g/mol. The Morgan fingerprint density at radius 2 is 1.86 bits per heavy atom. The van der Waals surface area contributed by atoms with E-state index in [0.29, 0.717) is 16.8 Å². The number of nitrogens with zero attached hydrogens (tertiary/aromatic N) is 5. The number of aromatic nitrogens is 5. The van der Waals surface area contributed by atoms with E-state index >= 15 is 0 Å². The van der Waals surface area contributed by atoms with Crippen molar-refractivity contribution in [3.8, 4) is 28.1 Å². The van der Waals surface area contributed by atoms with Gasteiger partial charge in [-0.1, -0.05) is 18.2 Å². The standard InChI is InChI=1S/C24H16F4N6O/c1-33-10-14(9-31-33)19-11-34(12-30-19)20-4-2-3-15-17(8-21(24(26,27)28)32-22(15)20)13-5-6-16(23(29)35)18(25)7-13/h2-12H,1H3,(H2,29,35). The first-order valence-corrected chi connectivity index (χ1v) is 10.3. The maximum absolute atomic E-state index is 14.5. The van der Waals surface area contributed by atoms with Crippen molar-refractivity contribution in [3.05, 3.63) is 84.5 Å². The van der Waals surface area contributed by atoms with Crippen molar-refractivity contribution in [2.45, 2.75) is 6.18 Å². The number of imidazole rings is 1. The highest BCUT2D eigenvalue weighted by molar-refractivity contribution is 6.00. The molecule has 2 aromatic carbocycles. The fourth-order valence-corrected chi connectivity index (χ4v) is 3.87. The Labute approximate surface area is 195 Å². The molecule has 3 aromatic heterocycles. The lowest BCUT2D eigenvalue weighted by Gasteiger charge is -2.15. The summed E-state index contributed by atoms with van der Waals surface area (Å²) in [5.74, 6) is -1.91. The van der Waals surface area contributed by atoms with E-state index in [4.69, 9.17) is 5.73 Å². The summed E-state index contributed by atoms with van der Waals surface area (Å²) < 4.78 is 59.0. The molecule has 7 nitrogen and oxygen atoms in total. The van der Waals surface area contributed by atoms with Crippen molar-refractivity contribution in [2.75, 3.05) is 0 Å². The predicted octanol–water partition coefficient (Wildman–Crippen LogP) is 4.74. The highest BCUT2D eigenvalue weighted by atomic mass is 19.4. The largest absolute Gasteiger partial charge is 0.433 e. The summed E-state index contributed by atoms with van der Waals surface area (Å²) in [6.07, 6.45) is 1.77. The van der Waals surface area contributed by atoms with Gasteiger partial charge in [-0.2, -0.15) is 18.3 Å². The number of para-hydroxylation sites is 1. The minimum atomic E-state index is -4.75. The molecule has 0 fully saturated rings. The number of rotatable bonds is 4. The van der Waals surface area contributed by atoms with E-state index in [9.17, 15) is 22.4 Å². The van der Waals surface area contributed by atoms with Gasteiger partial charge in [-0.25, -0.2) is 14.4 Å². The summed E-state index contributed by atoms with van der Waals surface area (Å²) in [6.45, 7) is 0. The van der Waals surface area contributed by atoms with Crippen molar-refractivity contribution >= 4 is 16.8 Å². The van der Waals surface area contributed by atoms with E-state index in [1.165, 1.54) is 12.4 Å². The van der Waals surface area contributed by atoms with Crippen LogP contribution in [0.5, 0.6) is 0 Å². The van der Waals surface area contributed by atoms with Crippen LogP contribution in [0.2, 0.25) is 0 Å². The smallest absolute Gasteiger partial charge is 0.366 e. The van der Waals surface area contributed by atoms with Crippen LogP contribution in [-0.4, -0.2) is 30.2 Å². The average molecular weight is 480 g/mol. The molecule has 0 atom stereocenters. The molecular formula is C24H16F4N6O. The van der Waals surface area contributed by atoms with Gasteiger partial charge in [0, 0.05) is 30.4 Å². The lowest BCUT2D eigenvalue weighted by Crippen LogP contribution is -2.13. The Hall–Kier alpha value is -4.54. The van der Waals surface area contributed by atoms with Crippen LogP contribution in [0.4, 0.5) is 17.6 Å². The number of carbonyl (C=O) groups is 1. The third-order valence-corrected chi connectivity index (χ3v) is 5.52. The molecule has 0 radical (unpaired) electrons. The van der Waals surface area contributed by atoms with Gasteiger partial charge < -0.3 is 10.3 Å². The molecule has 0 spiro atoms. The third kappa shape index (κ3) is 4.01. The quantitative estimate of drug-likeness (QED) is 0.376. The van der Waals surface area contributed by atoms with Gasteiger partial charge in [-0.3, -0.25) is 9.48 Å². The fraction of sp³-hybridized carbons (Fsp3) is 0.0833. The fourth-order valence-electron chi connectivity index (χ4n) is 3.87. The first-order chi connectivity index (χ1) is 16.6. The van der Waals surface area contributed by atoms with E-state index in [2.05, 4.69) is 15.1 Å². The zero-order valence-corrected chi connectivity index (χ0v) is 18.1. The Morgan fingerprint density at radius 3 is 2.51 bits per heavy atom. The number of alkyl halides is 3. The summed E-state index contributed by atoms with van der Waals surface area (Å²) in [5, 5.41) is 4.46. The molecule has 0 aliphatic carbocycles. The van der Waals surface area contributed by atoms with Crippen molar-refractivity contribution in [1.82, 2.24) is 24.3 Å². The molecule has 0 unspecified atom stereocenters. The molecule has 11 heteroatoms. The predicted molar refractivity (Wildman–Crippen MR) is 120 cm³/mol. The number of halogens is 4. The highest BCUT2D eigenvalue weighted by Gasteiger charge is 2.34. The van der Waals surface area contributed by atoms with Crippen molar-refractivity contribution in [2.24, 2.45) is 12.8 Å². The van der Waals surface area contributed by atoms with Gasteiger partial charge in [0.25, 0.3) is 5.91 Å². The van der Waals surface area contributed by atoms with Crippen LogP contribution >= 0.6 is 0 Å². The lowest BCUT2D eigenvalue weighted by atomic mass is 9.98. The molecular weight excluding hydrogens is 464 g/mol. The van der Waals surface area contributed by atoms with Crippen LogP contribution in [0.1, 0.15) is 16.1 Å². The van der Waals surface area contributed by atoms with Gasteiger partial charge in [0.05, 0.1) is 35.0 Å². The number of primary amides is 1. The molecule has 35 heavy (non-hydrogen) atoms. The minimum absolute atomic E-state index is 0.0480. The number of hydrogen-bond acceptors (Lipinski definition) is 4. The molecule has 5 aromatic rings. The van der Waals surface area contributed by atoms with Gasteiger partial charge in [0.2, 0.25) is 0 Å². The van der Waals surface area contributed by atoms with E-state index in [1.807, 2.05) is 0 Å². The maximum Gasteiger partial charge on any atom is 0.433 e. The summed E-state index contributed by atoms with van der Waals surface area (Å²) in [4.78, 5) is 19.6. The number of nitrogens with two attached hydrogens (primary N) is 1. The van der Waals surface area contributed by atoms with E-state index < -0.39 is 23.6 Å². The molecule has 0 aliphatic heterocycles. The third-order valence-electron chi connectivity index (χ3n) is 5.52. The van der Waals surface area contributed by atoms with Crippen LogP contribution < -0.4 is 5.73 Å². The SMILES string of the molecule is Cn1cc(-c2cn(-c3cccc4c(-c5ccc(C(N)=O)c(F)c5)cc(C(F)(F)F)nc34)cn2)cn1. The summed E-state index contributed by atoms with van der Waals surface area (Å²) in [6, 6.07) is 9.22. The molecule has 0 saturated carbocycles. The molecule has 0 bridgehead atoms. The van der Waals surface area contributed by atoms with Crippen LogP contribution in [0.3, 0.4) is 0 Å². The van der Waals surface area contributed by atoms with Crippen molar-refractivity contribution in [1.29, 1.82) is 0 Å². The Kier molecular flexibility index (Phi) is 5.12. The van der Waals surface area contributed by atoms with Gasteiger partial charge in [0.15, 0.2) is 0 Å². The number of fused-ring (bicyclic) bond motifs is 1. The van der Waals surface area contributed by atoms with Crippen LogP contribution in [0.15, 0.2) is 67.4 Å². The molecule has 3 heterocycles. The Balaban J connectivity index is 1.73. The summed E-state index contributed by atoms with van der Waals surface area (Å²) in [7, 11) is 1.76. The van der Waals surface area contributed by atoms with Gasteiger partial charge in [-0.15, -0.1) is 0 Å². The number of carbonyl (C=O) groups excluding carboxylic acids is 1. The minimum Gasteiger partial charge on any atom is -0.366 e. The average Bonchev–Trinajstić information content (AvgIpc) is 3.46. The van der Waals surface area contributed by atoms with E-state index in [-0.39, 0.29) is 22.2 Å². The zero-order valence-electron chi connectivity index (χ0n) is 18.1. The van der Waals surface area contributed by atoms with Gasteiger partial charge in [0.1, 0.15) is 11.5 Å². The van der Waals surface area contributed by atoms with Crippen LogP contribution in [-0.2, 0) is 13.2 Å². The van der Waals surface area contributed by atoms with E-state index in [0.717, 1.165) is 23.8 Å². The van der Waals surface area contributed by atoms with E-state index in [1.54, 1.807) is 53.1 Å². The molecule has 1 amide bonds. The molecule has 2 N–H and O–H groups in total. The molecule has 0 aliphatic rings. The number of hydrogen-bond donors (Lipinski definition) is 1. The molecule has 176 valence electrons. The van der Waals surface area contributed by atoms with Gasteiger partial charge >= 0.3 is 6.18 Å². The first-order valence-electron chi connectivity index (χ1n) is 10.3. The normalized spacial score (nSPS) is 11.8. The summed E-state index contributed by atoms with van der Waals surface area (Å²) >= 11 is 0. The van der Waals surface area contributed by atoms with Crippen LogP contribution in [0.25, 0.3) is 39.0 Å². The molecule has 5 rings (SSSR count). The highest BCUT2D eigenvalue weighted by Crippen LogP contribution is 2.37. The number of pyridine rings is 1. The van der Waals surface area contributed by atoms with Crippen molar-refractivity contribution in [3.63, 3.8) is 0 Å². The molecule has 0 saturated heterocycles. The lowest BCUT2D eigenvalue weighted by molar-refractivity contribution is -0.140. The van der Waals surface area contributed by atoms with Crippen LogP contribution in [0, 0.1) is 5.82 Å². The second-order valence-corrected chi connectivity index (χ2v) is 7.85. The zero-order chi connectivity index (χ0) is 24.9. The Morgan fingerprint density at radius 1 is 1.06 bits per heavy atom. The number of aryl methyl sites for hydroxylation is 1. The number of amides is 1. The van der Waals surface area contributed by atoms with Crippen molar-refractivity contribution < 1.29 is 22.4 Å². The number of benzene rings is 2. The topological polar surface area (TPSA) is 91.6 Å².